The molecule has 0 radical (unpaired) electrons. The Balaban J connectivity index is 1.98. The lowest BCUT2D eigenvalue weighted by Crippen LogP contribution is -2.42. The number of rotatable bonds is 3. The SMILES string of the molecule is COc1ccc(CC2(O)c3ccccc3C(=O)N2C)cc1. The summed E-state index contributed by atoms with van der Waals surface area (Å²) in [5, 5.41) is 11.0. The first kappa shape index (κ1) is 13.6. The van der Waals surface area contributed by atoms with E-state index >= 15 is 0 Å². The highest BCUT2D eigenvalue weighted by atomic mass is 16.5. The van der Waals surface area contributed by atoms with Crippen molar-refractivity contribution < 1.29 is 14.6 Å². The second-order valence-corrected chi connectivity index (χ2v) is 5.25. The number of carbonyl (C=O) groups excluding carboxylic acids is 1. The molecule has 0 bridgehead atoms. The monoisotopic (exact) mass is 283 g/mol. The topological polar surface area (TPSA) is 49.8 Å². The summed E-state index contributed by atoms with van der Waals surface area (Å²) in [5.74, 6) is 0.614. The van der Waals surface area contributed by atoms with Crippen LogP contribution in [0.5, 0.6) is 5.75 Å². The van der Waals surface area contributed by atoms with Crippen molar-refractivity contribution in [2.24, 2.45) is 0 Å². The number of benzene rings is 2. The quantitative estimate of drug-likeness (QED) is 0.939. The van der Waals surface area contributed by atoms with E-state index in [0.29, 0.717) is 17.5 Å². The van der Waals surface area contributed by atoms with Gasteiger partial charge in [-0.05, 0) is 23.8 Å². The lowest BCUT2D eigenvalue weighted by atomic mass is 9.94. The van der Waals surface area contributed by atoms with E-state index in [1.54, 1.807) is 26.3 Å². The van der Waals surface area contributed by atoms with E-state index in [1.807, 2.05) is 36.4 Å². The minimum Gasteiger partial charge on any atom is -0.497 e. The summed E-state index contributed by atoms with van der Waals surface area (Å²) >= 11 is 0. The van der Waals surface area contributed by atoms with E-state index < -0.39 is 5.72 Å². The molecule has 21 heavy (non-hydrogen) atoms. The van der Waals surface area contributed by atoms with Crippen molar-refractivity contribution in [3.8, 4) is 5.75 Å². The molecular formula is C17H17NO3. The van der Waals surface area contributed by atoms with Gasteiger partial charge >= 0.3 is 0 Å². The molecular weight excluding hydrogens is 266 g/mol. The highest BCUT2D eigenvalue weighted by molar-refractivity contribution is 5.99. The molecule has 0 aliphatic carbocycles. The first-order valence-electron chi connectivity index (χ1n) is 6.79. The Morgan fingerprint density at radius 2 is 1.81 bits per heavy atom. The molecule has 1 N–H and O–H groups in total. The summed E-state index contributed by atoms with van der Waals surface area (Å²) in [7, 11) is 3.24. The van der Waals surface area contributed by atoms with Crippen LogP contribution < -0.4 is 4.74 Å². The van der Waals surface area contributed by atoms with E-state index in [1.165, 1.54) is 4.90 Å². The number of hydrogen-bond acceptors (Lipinski definition) is 3. The molecule has 108 valence electrons. The van der Waals surface area contributed by atoms with Gasteiger partial charge in [-0.2, -0.15) is 0 Å². The molecule has 1 unspecified atom stereocenters. The van der Waals surface area contributed by atoms with Crippen LogP contribution in [0.4, 0.5) is 0 Å². The molecule has 0 aromatic heterocycles. The maximum atomic E-state index is 12.2. The van der Waals surface area contributed by atoms with Gasteiger partial charge in [-0.15, -0.1) is 0 Å². The van der Waals surface area contributed by atoms with Gasteiger partial charge in [0.2, 0.25) is 0 Å². The molecule has 4 heteroatoms. The fourth-order valence-corrected chi connectivity index (χ4v) is 2.79. The number of ether oxygens (including phenoxy) is 1. The third kappa shape index (κ3) is 2.08. The van der Waals surface area contributed by atoms with Crippen molar-refractivity contribution in [3.63, 3.8) is 0 Å². The van der Waals surface area contributed by atoms with Gasteiger partial charge < -0.3 is 14.7 Å². The van der Waals surface area contributed by atoms with Crippen molar-refractivity contribution in [1.29, 1.82) is 0 Å². The Morgan fingerprint density at radius 3 is 2.48 bits per heavy atom. The van der Waals surface area contributed by atoms with E-state index in [0.717, 1.165) is 11.3 Å². The standard InChI is InChI=1S/C17H17NO3/c1-18-16(19)14-5-3-4-6-15(14)17(18,20)11-12-7-9-13(21-2)10-8-12/h3-10,20H,11H2,1-2H3. The summed E-state index contributed by atoms with van der Waals surface area (Å²) in [6.45, 7) is 0. The Bertz CT molecular complexity index is 681. The number of likely N-dealkylation sites (N-methyl/N-ethyl adjacent to an activating group) is 1. The number of carbonyl (C=O) groups is 1. The molecule has 1 aliphatic heterocycles. The lowest BCUT2D eigenvalue weighted by molar-refractivity contribution is -0.0715. The summed E-state index contributed by atoms with van der Waals surface area (Å²) < 4.78 is 5.13. The molecule has 3 rings (SSSR count). The maximum Gasteiger partial charge on any atom is 0.256 e. The first-order valence-corrected chi connectivity index (χ1v) is 6.79. The fourth-order valence-electron chi connectivity index (χ4n) is 2.79. The largest absolute Gasteiger partial charge is 0.497 e. The molecule has 4 nitrogen and oxygen atoms in total. The first-order chi connectivity index (χ1) is 10.1. The number of hydrogen-bond donors (Lipinski definition) is 1. The molecule has 1 aliphatic rings. The van der Waals surface area contributed by atoms with E-state index in [9.17, 15) is 9.90 Å². The van der Waals surface area contributed by atoms with Gasteiger partial charge in [0.05, 0.1) is 7.11 Å². The summed E-state index contributed by atoms with van der Waals surface area (Å²) in [6, 6.07) is 14.7. The molecule has 0 saturated carbocycles. The summed E-state index contributed by atoms with van der Waals surface area (Å²) in [5.41, 5.74) is 0.862. The lowest BCUT2D eigenvalue weighted by Gasteiger charge is -2.31. The van der Waals surface area contributed by atoms with Crippen molar-refractivity contribution in [1.82, 2.24) is 4.90 Å². The zero-order valence-corrected chi connectivity index (χ0v) is 12.0. The van der Waals surface area contributed by atoms with Crippen LogP contribution in [0.25, 0.3) is 0 Å². The molecule has 2 aromatic rings. The molecule has 0 saturated heterocycles. The predicted molar refractivity (Wildman–Crippen MR) is 79.1 cm³/mol. The van der Waals surface area contributed by atoms with E-state index in [-0.39, 0.29) is 5.91 Å². The van der Waals surface area contributed by atoms with Crippen LogP contribution in [0.15, 0.2) is 48.5 Å². The van der Waals surface area contributed by atoms with Gasteiger partial charge in [-0.3, -0.25) is 4.79 Å². The maximum absolute atomic E-state index is 12.2. The van der Waals surface area contributed by atoms with Crippen LogP contribution in [-0.2, 0) is 12.1 Å². The van der Waals surface area contributed by atoms with Gasteiger partial charge in [0.1, 0.15) is 5.75 Å². The Kier molecular flexibility index (Phi) is 3.18. The number of fused-ring (bicyclic) bond motifs is 1. The van der Waals surface area contributed by atoms with Crippen molar-refractivity contribution in [2.45, 2.75) is 12.1 Å². The van der Waals surface area contributed by atoms with Crippen LogP contribution >= 0.6 is 0 Å². The third-order valence-electron chi connectivity index (χ3n) is 4.06. The molecule has 1 amide bonds. The van der Waals surface area contributed by atoms with Gasteiger partial charge in [0, 0.05) is 24.6 Å². The number of aliphatic hydroxyl groups is 1. The smallest absolute Gasteiger partial charge is 0.256 e. The molecule has 1 heterocycles. The highest BCUT2D eigenvalue weighted by Gasteiger charge is 2.46. The van der Waals surface area contributed by atoms with Crippen LogP contribution in [0.2, 0.25) is 0 Å². The summed E-state index contributed by atoms with van der Waals surface area (Å²) in [6.07, 6.45) is 0.343. The minimum atomic E-state index is -1.30. The van der Waals surface area contributed by atoms with Crippen LogP contribution in [0.3, 0.4) is 0 Å². The molecule has 1 atom stereocenters. The molecule has 0 spiro atoms. The number of amides is 1. The molecule has 2 aromatic carbocycles. The molecule has 0 fully saturated rings. The third-order valence-corrected chi connectivity index (χ3v) is 4.06. The zero-order valence-electron chi connectivity index (χ0n) is 12.0. The second kappa shape index (κ2) is 4.90. The number of nitrogens with zero attached hydrogens (tertiary/aromatic N) is 1. The predicted octanol–water partition coefficient (Wildman–Crippen LogP) is 2.17. The average Bonchev–Trinajstić information content (AvgIpc) is 2.71. The van der Waals surface area contributed by atoms with Crippen LogP contribution in [0.1, 0.15) is 21.5 Å². The van der Waals surface area contributed by atoms with Gasteiger partial charge in [0.25, 0.3) is 5.91 Å². The Morgan fingerprint density at radius 1 is 1.14 bits per heavy atom. The van der Waals surface area contributed by atoms with Gasteiger partial charge in [-0.25, -0.2) is 0 Å². The summed E-state index contributed by atoms with van der Waals surface area (Å²) in [4.78, 5) is 13.7. The second-order valence-electron chi connectivity index (χ2n) is 5.25. The Labute approximate surface area is 123 Å². The van der Waals surface area contributed by atoms with Crippen molar-refractivity contribution in [3.05, 3.63) is 65.2 Å². The van der Waals surface area contributed by atoms with Gasteiger partial charge in [0.15, 0.2) is 5.72 Å². The van der Waals surface area contributed by atoms with Crippen LogP contribution in [0, 0.1) is 0 Å². The Hall–Kier alpha value is -2.33. The highest BCUT2D eigenvalue weighted by Crippen LogP contribution is 2.38. The van der Waals surface area contributed by atoms with Crippen LogP contribution in [-0.4, -0.2) is 30.1 Å². The van der Waals surface area contributed by atoms with Crippen molar-refractivity contribution >= 4 is 5.91 Å². The van der Waals surface area contributed by atoms with E-state index in [4.69, 9.17) is 4.74 Å². The zero-order chi connectivity index (χ0) is 15.0. The fraction of sp³-hybridized carbons (Fsp3) is 0.235. The minimum absolute atomic E-state index is 0.151. The van der Waals surface area contributed by atoms with Crippen molar-refractivity contribution in [2.75, 3.05) is 14.2 Å². The normalized spacial score (nSPS) is 20.5. The average molecular weight is 283 g/mol. The van der Waals surface area contributed by atoms with E-state index in [2.05, 4.69) is 0 Å². The number of methoxy groups -OCH3 is 1. The van der Waals surface area contributed by atoms with Gasteiger partial charge in [-0.1, -0.05) is 30.3 Å².